The molecule has 2 aromatic carbocycles. The standard InChI is InChI=1S/C22H24N2/c1-13(2)10-20-16(5)23-22-18-9-7-14(3)11-19(18)17-8-6-15(4)12-21(17)24(20)22/h6-9,11-13H,10H2,1-5H3. The smallest absolute Gasteiger partial charge is 0.145 e. The van der Waals surface area contributed by atoms with Crippen LogP contribution in [0.5, 0.6) is 0 Å². The maximum Gasteiger partial charge on any atom is 0.145 e. The molecular formula is C22H24N2. The lowest BCUT2D eigenvalue weighted by molar-refractivity contribution is 0.631. The number of hydrogen-bond donors (Lipinski definition) is 0. The Labute approximate surface area is 143 Å². The maximum absolute atomic E-state index is 4.97. The average molecular weight is 316 g/mol. The molecule has 2 heterocycles. The van der Waals surface area contributed by atoms with E-state index < -0.39 is 0 Å². The van der Waals surface area contributed by atoms with E-state index >= 15 is 0 Å². The Balaban J connectivity index is 2.28. The second-order valence-corrected chi connectivity index (χ2v) is 7.47. The van der Waals surface area contributed by atoms with Crippen LogP contribution in [-0.4, -0.2) is 9.38 Å². The molecule has 2 heteroatoms. The van der Waals surface area contributed by atoms with Crippen LogP contribution in [0.4, 0.5) is 0 Å². The van der Waals surface area contributed by atoms with Crippen molar-refractivity contribution in [1.82, 2.24) is 9.38 Å². The van der Waals surface area contributed by atoms with Gasteiger partial charge in [-0.2, -0.15) is 0 Å². The van der Waals surface area contributed by atoms with Crippen molar-refractivity contribution in [1.29, 1.82) is 0 Å². The van der Waals surface area contributed by atoms with Gasteiger partial charge in [-0.3, -0.25) is 4.40 Å². The molecule has 2 nitrogen and oxygen atoms in total. The number of fused-ring (bicyclic) bond motifs is 6. The molecule has 24 heavy (non-hydrogen) atoms. The third-order valence-electron chi connectivity index (χ3n) is 4.87. The Kier molecular flexibility index (Phi) is 3.38. The molecule has 122 valence electrons. The Hall–Kier alpha value is -2.35. The van der Waals surface area contributed by atoms with Crippen molar-refractivity contribution in [3.63, 3.8) is 0 Å². The summed E-state index contributed by atoms with van der Waals surface area (Å²) in [5.41, 5.74) is 7.45. The minimum absolute atomic E-state index is 0.608. The third-order valence-corrected chi connectivity index (χ3v) is 4.87. The van der Waals surface area contributed by atoms with Gasteiger partial charge in [0.25, 0.3) is 0 Å². The molecule has 0 aliphatic carbocycles. The average Bonchev–Trinajstić information content (AvgIpc) is 2.83. The number of benzene rings is 2. The number of nitrogens with zero attached hydrogens (tertiary/aromatic N) is 2. The van der Waals surface area contributed by atoms with Gasteiger partial charge in [0.15, 0.2) is 0 Å². The number of pyridine rings is 1. The van der Waals surface area contributed by atoms with E-state index in [2.05, 4.69) is 75.4 Å². The van der Waals surface area contributed by atoms with Crippen molar-refractivity contribution in [3.8, 4) is 0 Å². The normalized spacial score (nSPS) is 12.1. The molecule has 0 atom stereocenters. The SMILES string of the molecule is Cc1ccc2c(c1)c1ccc(C)cc1n1c(CC(C)C)c(C)nc21. The van der Waals surface area contributed by atoms with Gasteiger partial charge in [0, 0.05) is 16.5 Å². The van der Waals surface area contributed by atoms with E-state index in [-0.39, 0.29) is 0 Å². The van der Waals surface area contributed by atoms with Crippen molar-refractivity contribution in [3.05, 3.63) is 58.9 Å². The molecule has 0 aliphatic heterocycles. The van der Waals surface area contributed by atoms with Crippen LogP contribution in [0, 0.1) is 26.7 Å². The lowest BCUT2D eigenvalue weighted by atomic mass is 10.0. The zero-order chi connectivity index (χ0) is 17.0. The number of aromatic nitrogens is 2. The molecule has 0 radical (unpaired) electrons. The molecule has 4 aromatic rings. The number of hydrogen-bond acceptors (Lipinski definition) is 1. The maximum atomic E-state index is 4.97. The van der Waals surface area contributed by atoms with Gasteiger partial charge in [0.1, 0.15) is 5.65 Å². The lowest BCUT2D eigenvalue weighted by Gasteiger charge is -2.13. The lowest BCUT2D eigenvalue weighted by Crippen LogP contribution is -2.02. The molecule has 0 bridgehead atoms. The zero-order valence-corrected chi connectivity index (χ0v) is 15.1. The Morgan fingerprint density at radius 3 is 2.25 bits per heavy atom. The molecule has 0 saturated carbocycles. The van der Waals surface area contributed by atoms with Gasteiger partial charge < -0.3 is 0 Å². The molecule has 0 N–H and O–H groups in total. The van der Waals surface area contributed by atoms with E-state index in [0.29, 0.717) is 5.92 Å². The molecule has 0 spiro atoms. The minimum atomic E-state index is 0.608. The van der Waals surface area contributed by atoms with Gasteiger partial charge in [0.2, 0.25) is 0 Å². The van der Waals surface area contributed by atoms with Crippen molar-refractivity contribution >= 4 is 27.3 Å². The molecule has 0 amide bonds. The van der Waals surface area contributed by atoms with E-state index in [1.54, 1.807) is 0 Å². The molecule has 0 aliphatic rings. The van der Waals surface area contributed by atoms with Gasteiger partial charge in [-0.15, -0.1) is 0 Å². The first-order valence-electron chi connectivity index (χ1n) is 8.76. The van der Waals surface area contributed by atoms with Crippen LogP contribution < -0.4 is 0 Å². The zero-order valence-electron chi connectivity index (χ0n) is 15.1. The summed E-state index contributed by atoms with van der Waals surface area (Å²) in [6, 6.07) is 13.5. The number of aryl methyl sites for hydroxylation is 3. The van der Waals surface area contributed by atoms with Crippen molar-refractivity contribution < 1.29 is 0 Å². The largest absolute Gasteiger partial charge is 0.296 e. The van der Waals surface area contributed by atoms with Crippen LogP contribution in [0.25, 0.3) is 27.3 Å². The summed E-state index contributed by atoms with van der Waals surface area (Å²) >= 11 is 0. The molecule has 0 fully saturated rings. The van der Waals surface area contributed by atoms with Crippen LogP contribution in [0.15, 0.2) is 36.4 Å². The molecular weight excluding hydrogens is 292 g/mol. The highest BCUT2D eigenvalue weighted by atomic mass is 15.0. The van der Waals surface area contributed by atoms with Crippen LogP contribution in [0.3, 0.4) is 0 Å². The van der Waals surface area contributed by atoms with E-state index in [4.69, 9.17) is 4.98 Å². The first-order chi connectivity index (χ1) is 11.5. The topological polar surface area (TPSA) is 17.3 Å². The van der Waals surface area contributed by atoms with E-state index in [9.17, 15) is 0 Å². The Bertz CT molecular complexity index is 1080. The van der Waals surface area contributed by atoms with Crippen molar-refractivity contribution in [2.45, 2.75) is 41.0 Å². The predicted molar refractivity (Wildman–Crippen MR) is 103 cm³/mol. The highest BCUT2D eigenvalue weighted by Crippen LogP contribution is 2.32. The monoisotopic (exact) mass is 316 g/mol. The van der Waals surface area contributed by atoms with E-state index in [1.165, 1.54) is 38.5 Å². The predicted octanol–water partition coefficient (Wildman–Crippen LogP) is 5.76. The summed E-state index contributed by atoms with van der Waals surface area (Å²) in [5.74, 6) is 0.608. The number of imidazole rings is 1. The fourth-order valence-electron chi connectivity index (χ4n) is 3.76. The summed E-state index contributed by atoms with van der Waals surface area (Å²) in [6.07, 6.45) is 1.05. The fourth-order valence-corrected chi connectivity index (χ4v) is 3.76. The van der Waals surface area contributed by atoms with Crippen LogP contribution in [0.2, 0.25) is 0 Å². The van der Waals surface area contributed by atoms with E-state index in [0.717, 1.165) is 17.8 Å². The first kappa shape index (κ1) is 15.2. The Morgan fingerprint density at radius 2 is 1.54 bits per heavy atom. The minimum Gasteiger partial charge on any atom is -0.296 e. The quantitative estimate of drug-likeness (QED) is 0.429. The summed E-state index contributed by atoms with van der Waals surface area (Å²) in [7, 11) is 0. The van der Waals surface area contributed by atoms with Crippen molar-refractivity contribution in [2.75, 3.05) is 0 Å². The van der Waals surface area contributed by atoms with Crippen molar-refractivity contribution in [2.24, 2.45) is 5.92 Å². The van der Waals surface area contributed by atoms with Gasteiger partial charge in [0.05, 0.1) is 11.2 Å². The molecule has 0 saturated heterocycles. The second kappa shape index (κ2) is 5.34. The Morgan fingerprint density at radius 1 is 0.875 bits per heavy atom. The third kappa shape index (κ3) is 2.21. The highest BCUT2D eigenvalue weighted by Gasteiger charge is 2.16. The van der Waals surface area contributed by atoms with Crippen LogP contribution in [0.1, 0.15) is 36.4 Å². The fraction of sp³-hybridized carbons (Fsp3) is 0.318. The summed E-state index contributed by atoms with van der Waals surface area (Å²) in [4.78, 5) is 4.97. The molecule has 0 unspecified atom stereocenters. The summed E-state index contributed by atoms with van der Waals surface area (Å²) < 4.78 is 2.40. The van der Waals surface area contributed by atoms with Crippen LogP contribution >= 0.6 is 0 Å². The van der Waals surface area contributed by atoms with Crippen LogP contribution in [-0.2, 0) is 6.42 Å². The second-order valence-electron chi connectivity index (χ2n) is 7.47. The van der Waals surface area contributed by atoms with Gasteiger partial charge >= 0.3 is 0 Å². The van der Waals surface area contributed by atoms with Gasteiger partial charge in [-0.05, 0) is 50.1 Å². The molecule has 2 aromatic heterocycles. The van der Waals surface area contributed by atoms with Gasteiger partial charge in [-0.25, -0.2) is 4.98 Å². The highest BCUT2D eigenvalue weighted by molar-refractivity contribution is 6.12. The molecule has 4 rings (SSSR count). The number of rotatable bonds is 2. The summed E-state index contributed by atoms with van der Waals surface area (Å²) in [6.45, 7) is 11.0. The first-order valence-corrected chi connectivity index (χ1v) is 8.76. The van der Waals surface area contributed by atoms with E-state index in [1.807, 2.05) is 0 Å². The summed E-state index contributed by atoms with van der Waals surface area (Å²) in [5, 5.41) is 3.86. The van der Waals surface area contributed by atoms with Gasteiger partial charge in [-0.1, -0.05) is 49.7 Å².